The molecule has 0 unspecified atom stereocenters. The normalized spacial score (nSPS) is 11.3. The molecule has 0 atom stereocenters. The van der Waals surface area contributed by atoms with Crippen LogP contribution in [0.15, 0.2) is 77.9 Å². The van der Waals surface area contributed by atoms with E-state index in [-0.39, 0.29) is 11.7 Å². The van der Waals surface area contributed by atoms with Crippen LogP contribution >= 0.6 is 23.2 Å². The Morgan fingerprint density at radius 3 is 1.84 bits per heavy atom. The number of ether oxygens (including phenoxy) is 3. The number of hydrogen-bond donors (Lipinski definition) is 0. The number of aromatic nitrogens is 3. The molecule has 2 amide bonds. The number of amides is 2. The van der Waals surface area contributed by atoms with Crippen LogP contribution in [0.1, 0.15) is 11.1 Å². The number of hydrogen-bond acceptors (Lipinski definition) is 10. The molecular weight excluding hydrogens is 745 g/mol. The van der Waals surface area contributed by atoms with Crippen molar-refractivity contribution < 1.29 is 23.8 Å². The second kappa shape index (κ2) is 18.4. The molecule has 2 aromatic carbocycles. The first kappa shape index (κ1) is 41.0. The third-order valence-corrected chi connectivity index (χ3v) is 10.1. The van der Waals surface area contributed by atoms with Crippen molar-refractivity contribution in [2.45, 2.75) is 13.1 Å². The summed E-state index contributed by atoms with van der Waals surface area (Å²) in [5, 5.41) is 0.971. The Morgan fingerprint density at radius 1 is 0.709 bits per heavy atom. The van der Waals surface area contributed by atoms with E-state index in [1.807, 2.05) is 79.7 Å². The predicted octanol–water partition coefficient (Wildman–Crippen LogP) is 6.67. The zero-order valence-corrected chi connectivity index (χ0v) is 33.5. The van der Waals surface area contributed by atoms with Gasteiger partial charge in [0.2, 0.25) is 5.88 Å². The van der Waals surface area contributed by atoms with Gasteiger partial charge in [0.1, 0.15) is 5.65 Å². The van der Waals surface area contributed by atoms with E-state index in [4.69, 9.17) is 42.4 Å². The van der Waals surface area contributed by atoms with E-state index in [1.54, 1.807) is 33.6 Å². The lowest BCUT2D eigenvalue weighted by molar-refractivity contribution is 0.128. The third kappa shape index (κ3) is 9.54. The predicted molar refractivity (Wildman–Crippen MR) is 215 cm³/mol. The van der Waals surface area contributed by atoms with Gasteiger partial charge in [-0.05, 0) is 37.9 Å². The lowest BCUT2D eigenvalue weighted by Gasteiger charge is -2.22. The Kier molecular flexibility index (Phi) is 13.7. The molecule has 0 aliphatic heterocycles. The van der Waals surface area contributed by atoms with Gasteiger partial charge < -0.3 is 33.8 Å². The number of benzene rings is 2. The van der Waals surface area contributed by atoms with E-state index in [0.29, 0.717) is 77.7 Å². The number of likely N-dealkylation sites (N-methyl/N-ethyl adjacent to an activating group) is 4. The van der Waals surface area contributed by atoms with Crippen LogP contribution in [0.2, 0.25) is 10.0 Å². The standard InChI is InChI=1S/C40H45Cl2N7O6/c1-45(18-20-47(3)39(51)54-6)24-27-14-15-33(44-37(27)53-5)32-13-9-12-31(36(32)42)30-11-8-10-29(35(30)41)26-16-17-49-34(22-26)43-23-28(38(49)50)25-46(2)19-21-48(4)40(52)55-7/h8-17,22-23H,18-21,24-25H2,1-7H3. The summed E-state index contributed by atoms with van der Waals surface area (Å²) in [4.78, 5) is 53.3. The maximum atomic E-state index is 13.4. The van der Waals surface area contributed by atoms with Crippen LogP contribution in [0.4, 0.5) is 9.59 Å². The Hall–Kier alpha value is -5.21. The van der Waals surface area contributed by atoms with Gasteiger partial charge in [-0.3, -0.25) is 9.20 Å². The maximum Gasteiger partial charge on any atom is 0.409 e. The minimum atomic E-state index is -0.417. The molecule has 0 spiro atoms. The molecule has 3 aromatic heterocycles. The van der Waals surface area contributed by atoms with Crippen molar-refractivity contribution in [3.05, 3.63) is 105 Å². The number of carbonyl (C=O) groups is 2. The van der Waals surface area contributed by atoms with Crippen molar-refractivity contribution in [2.24, 2.45) is 0 Å². The molecule has 3 heterocycles. The number of methoxy groups -OCH3 is 3. The topological polar surface area (TPSA) is 122 Å². The fourth-order valence-electron chi connectivity index (χ4n) is 6.08. The molecule has 0 radical (unpaired) electrons. The summed E-state index contributed by atoms with van der Waals surface area (Å²) in [6, 6.07) is 19.0. The van der Waals surface area contributed by atoms with Crippen LogP contribution < -0.4 is 10.3 Å². The first-order chi connectivity index (χ1) is 26.4. The van der Waals surface area contributed by atoms with E-state index >= 15 is 0 Å². The molecule has 0 aliphatic carbocycles. The molecule has 0 bridgehead atoms. The number of nitrogens with zero attached hydrogens (tertiary/aromatic N) is 7. The number of rotatable bonds is 14. The van der Waals surface area contributed by atoms with Crippen LogP contribution in [0.25, 0.3) is 39.2 Å². The smallest absolute Gasteiger partial charge is 0.409 e. The van der Waals surface area contributed by atoms with Gasteiger partial charge in [0.15, 0.2) is 0 Å². The average Bonchev–Trinajstić information content (AvgIpc) is 3.19. The minimum absolute atomic E-state index is 0.179. The lowest BCUT2D eigenvalue weighted by atomic mass is 9.97. The summed E-state index contributed by atoms with van der Waals surface area (Å²) in [5.74, 6) is 0.471. The highest BCUT2D eigenvalue weighted by molar-refractivity contribution is 6.39. The minimum Gasteiger partial charge on any atom is -0.481 e. The van der Waals surface area contributed by atoms with Crippen LogP contribution in [0, 0.1) is 0 Å². The summed E-state index contributed by atoms with van der Waals surface area (Å²) >= 11 is 14.2. The van der Waals surface area contributed by atoms with Crippen molar-refractivity contribution in [3.8, 4) is 39.4 Å². The second-order valence-electron chi connectivity index (χ2n) is 13.2. The van der Waals surface area contributed by atoms with Crippen molar-refractivity contribution >= 4 is 41.0 Å². The number of pyridine rings is 2. The van der Waals surface area contributed by atoms with Crippen LogP contribution in [0.5, 0.6) is 5.88 Å². The van der Waals surface area contributed by atoms with E-state index in [1.165, 1.54) is 28.4 Å². The highest BCUT2D eigenvalue weighted by Crippen LogP contribution is 2.42. The van der Waals surface area contributed by atoms with Crippen LogP contribution in [0.3, 0.4) is 0 Å². The van der Waals surface area contributed by atoms with Gasteiger partial charge >= 0.3 is 12.2 Å². The summed E-state index contributed by atoms with van der Waals surface area (Å²) in [7, 11) is 11.5. The monoisotopic (exact) mass is 789 g/mol. The SMILES string of the molecule is COC(=O)N(C)CCN(C)Cc1ccc(-c2cccc(-c3cccc(-c4ccn5c(=O)c(CN(C)CCN(C)C(=O)OC)cnc5c4)c3Cl)c2Cl)nc1OC. The van der Waals surface area contributed by atoms with Gasteiger partial charge in [-0.25, -0.2) is 19.6 Å². The van der Waals surface area contributed by atoms with E-state index in [9.17, 15) is 14.4 Å². The molecule has 0 saturated heterocycles. The first-order valence-corrected chi connectivity index (χ1v) is 18.2. The average molecular weight is 791 g/mol. The Morgan fingerprint density at radius 2 is 1.25 bits per heavy atom. The number of carbonyl (C=O) groups excluding carboxylic acids is 2. The van der Waals surface area contributed by atoms with Crippen molar-refractivity contribution in [2.75, 3.05) is 75.7 Å². The first-order valence-electron chi connectivity index (χ1n) is 17.4. The van der Waals surface area contributed by atoms with Gasteiger partial charge in [0.05, 0.1) is 42.6 Å². The summed E-state index contributed by atoms with van der Waals surface area (Å²) in [6.45, 7) is 3.03. The molecule has 0 fully saturated rings. The quantitative estimate of drug-likeness (QED) is 0.121. The molecule has 5 aromatic rings. The zero-order chi connectivity index (χ0) is 39.8. The number of halogens is 2. The van der Waals surface area contributed by atoms with E-state index in [2.05, 4.69) is 9.88 Å². The van der Waals surface area contributed by atoms with Gasteiger partial charge in [0, 0.05) is 93.6 Å². The van der Waals surface area contributed by atoms with Gasteiger partial charge in [-0.1, -0.05) is 65.7 Å². The summed E-state index contributed by atoms with van der Waals surface area (Å²) in [5.41, 5.74) is 6.05. The molecule has 0 saturated carbocycles. The Labute approximate surface area is 330 Å². The Bertz CT molecular complexity index is 2230. The van der Waals surface area contributed by atoms with Crippen LogP contribution in [-0.2, 0) is 22.6 Å². The fourth-order valence-corrected chi connectivity index (χ4v) is 6.74. The second-order valence-corrected chi connectivity index (χ2v) is 13.9. The van der Waals surface area contributed by atoms with Crippen molar-refractivity contribution in [1.82, 2.24) is 34.0 Å². The lowest BCUT2D eigenvalue weighted by Crippen LogP contribution is -2.35. The molecule has 0 N–H and O–H groups in total. The van der Waals surface area contributed by atoms with Gasteiger partial charge in [0.25, 0.3) is 5.56 Å². The molecule has 290 valence electrons. The molecule has 13 nitrogen and oxygen atoms in total. The molecule has 55 heavy (non-hydrogen) atoms. The fraction of sp³-hybridized carbons (Fsp3) is 0.325. The molecule has 0 aliphatic rings. The number of fused-ring (bicyclic) bond motifs is 1. The molecule has 15 heteroatoms. The van der Waals surface area contributed by atoms with E-state index < -0.39 is 6.09 Å². The van der Waals surface area contributed by atoms with Gasteiger partial charge in [-0.2, -0.15) is 0 Å². The van der Waals surface area contributed by atoms with Crippen LogP contribution in [-0.4, -0.2) is 122 Å². The highest BCUT2D eigenvalue weighted by Gasteiger charge is 2.19. The highest BCUT2D eigenvalue weighted by atomic mass is 35.5. The van der Waals surface area contributed by atoms with Crippen molar-refractivity contribution in [1.29, 1.82) is 0 Å². The largest absolute Gasteiger partial charge is 0.481 e. The van der Waals surface area contributed by atoms with E-state index in [0.717, 1.165) is 27.8 Å². The summed E-state index contributed by atoms with van der Waals surface area (Å²) in [6.07, 6.45) is 2.49. The third-order valence-electron chi connectivity index (χ3n) is 9.28. The van der Waals surface area contributed by atoms with Crippen molar-refractivity contribution in [3.63, 3.8) is 0 Å². The van der Waals surface area contributed by atoms with Gasteiger partial charge in [-0.15, -0.1) is 0 Å². The molecule has 5 rings (SSSR count). The molecular formula is C40H45Cl2N7O6. The Balaban J connectivity index is 1.37. The maximum absolute atomic E-state index is 13.4. The summed E-state index contributed by atoms with van der Waals surface area (Å²) < 4.78 is 16.7. The zero-order valence-electron chi connectivity index (χ0n) is 32.0.